The third kappa shape index (κ3) is 625. The first-order valence-corrected chi connectivity index (χ1v) is 32.6. The highest BCUT2D eigenvalue weighted by atomic mass is 15.1. The molecule has 0 aliphatic carbocycles. The minimum atomic E-state index is 0. The van der Waals surface area contributed by atoms with Gasteiger partial charge in [-0.2, -0.15) is 10.2 Å². The Morgan fingerprint density at radius 1 is 0.160 bits per heavy atom. The van der Waals surface area contributed by atoms with Crippen LogP contribution in [0.25, 0.3) is 0 Å². The minimum absolute atomic E-state index is 0. The van der Waals surface area contributed by atoms with Crippen molar-refractivity contribution >= 4 is 0 Å². The Morgan fingerprint density at radius 3 is 0.346 bits per heavy atom. The van der Waals surface area contributed by atoms with Gasteiger partial charge in [0.1, 0.15) is 6.33 Å². The molecule has 0 bridgehead atoms. The van der Waals surface area contributed by atoms with Crippen LogP contribution in [-0.4, -0.2) is 35.1 Å². The highest BCUT2D eigenvalue weighted by Crippen LogP contribution is 1.83. The SMILES string of the molecule is C.CC.CC.CC.CC.CC.CC.CC.CC.CC.CC.CC.CC.CC.CC.CC.CC(C)C.CC(C)C.CC(C)C.CC(C)C.CC(C)C.c1ccccc1.c1ccncc1.c1ccnnc1.c1cnccn1.c1cncnc1. The normalized spacial score (nSPS) is 6.30. The van der Waals surface area contributed by atoms with Gasteiger partial charge in [0.2, 0.25) is 0 Å². The predicted molar refractivity (Wildman–Crippen MR) is 396 cm³/mol. The summed E-state index contributed by atoms with van der Waals surface area (Å²) in [5.74, 6) is 4.17. The van der Waals surface area contributed by atoms with Gasteiger partial charge in [-0.3, -0.25) is 15.0 Å². The Balaban J connectivity index is -0.0000000248. The molecule has 0 aliphatic heterocycles. The van der Waals surface area contributed by atoms with Crippen molar-refractivity contribution in [3.05, 3.63) is 141 Å². The van der Waals surface area contributed by atoms with E-state index in [1.54, 1.807) is 68.0 Å². The van der Waals surface area contributed by atoms with Crippen molar-refractivity contribution in [2.75, 3.05) is 0 Å². The molecule has 0 saturated heterocycles. The summed E-state index contributed by atoms with van der Waals surface area (Å²) in [6.07, 6.45) is 18.2. The molecule has 0 fully saturated rings. The van der Waals surface area contributed by atoms with E-state index in [0.29, 0.717) is 0 Å². The molecule has 0 N–H and O–H groups in total. The van der Waals surface area contributed by atoms with Gasteiger partial charge in [-0.1, -0.05) is 361 Å². The zero-order valence-corrected chi connectivity index (χ0v) is 64.3. The smallest absolute Gasteiger partial charge is 0.115 e. The molecule has 498 valence electrons. The average molecular weight is 1160 g/mol. The number of nitrogens with zero attached hydrogens (tertiary/aromatic N) is 7. The summed E-state index contributed by atoms with van der Waals surface area (Å²) in [4.78, 5) is 18.6. The van der Waals surface area contributed by atoms with Crippen LogP contribution in [0.4, 0.5) is 0 Å². The Bertz CT molecular complexity index is 755. The fourth-order valence-electron chi connectivity index (χ4n) is 1.46. The first-order chi connectivity index (χ1) is 38.7. The maximum atomic E-state index is 3.78. The second kappa shape index (κ2) is 255. The van der Waals surface area contributed by atoms with Gasteiger partial charge in [-0.15, -0.1) is 0 Å². The van der Waals surface area contributed by atoms with E-state index in [4.69, 9.17) is 0 Å². The number of benzene rings is 1. The molecular formula is C74H167N7. The van der Waals surface area contributed by atoms with Crippen molar-refractivity contribution in [2.45, 2.75) is 319 Å². The van der Waals surface area contributed by atoms with E-state index >= 15 is 0 Å². The Hall–Kier alpha value is -4.39. The lowest BCUT2D eigenvalue weighted by Gasteiger charge is -1.79. The fourth-order valence-corrected chi connectivity index (χ4v) is 1.46. The van der Waals surface area contributed by atoms with Gasteiger partial charge < -0.3 is 0 Å². The van der Waals surface area contributed by atoms with E-state index in [-0.39, 0.29) is 7.43 Å². The third-order valence-electron chi connectivity index (χ3n) is 2.67. The summed E-state index contributed by atoms with van der Waals surface area (Å²) in [6.45, 7) is 92.5. The largest absolute Gasteiger partial charge is 0.265 e. The predicted octanol–water partition coefficient (Wildman–Crippen LogP) is 28.5. The lowest BCUT2D eigenvalue weighted by molar-refractivity contribution is 0.736. The van der Waals surface area contributed by atoms with Gasteiger partial charge in [-0.05, 0) is 59.9 Å². The lowest BCUT2D eigenvalue weighted by Crippen LogP contribution is -1.69. The van der Waals surface area contributed by atoms with Crippen molar-refractivity contribution in [2.24, 2.45) is 29.6 Å². The number of hydrogen-bond acceptors (Lipinski definition) is 7. The van der Waals surface area contributed by atoms with E-state index in [1.165, 1.54) is 6.33 Å². The Labute approximate surface area is 522 Å². The van der Waals surface area contributed by atoms with E-state index in [9.17, 15) is 0 Å². The van der Waals surface area contributed by atoms with Crippen molar-refractivity contribution in [3.63, 3.8) is 0 Å². The summed E-state index contributed by atoms with van der Waals surface area (Å²) >= 11 is 0. The highest BCUT2D eigenvalue weighted by molar-refractivity contribution is 4.99. The van der Waals surface area contributed by atoms with Crippen LogP contribution < -0.4 is 0 Å². The third-order valence-corrected chi connectivity index (χ3v) is 2.67. The molecule has 1 aromatic carbocycles. The second-order valence-corrected chi connectivity index (χ2v) is 13.6. The summed E-state index contributed by atoms with van der Waals surface area (Å²) in [7, 11) is 0. The standard InChI is InChI=1S/C6H6.C5H5N.3C4H4N2.5C4H10.15C2H6.CH4/c2*1-2-4-6-5-3-1;1-2-6-4-3-5-1;1-2-5-4-6-3-1;1-2-4-6-5-3-1;5*1-4(2)3;15*1-2;/h1-6H;1-5H;3*1-4H;5*4H,1-3H3;15*1-2H3;1H4. The van der Waals surface area contributed by atoms with Crippen LogP contribution in [-0.2, 0) is 0 Å². The second-order valence-electron chi connectivity index (χ2n) is 13.6. The summed E-state index contributed by atoms with van der Waals surface area (Å²) < 4.78 is 0. The highest BCUT2D eigenvalue weighted by Gasteiger charge is 1.70. The summed E-state index contributed by atoms with van der Waals surface area (Å²) in [5.41, 5.74) is 0. The molecule has 0 amide bonds. The van der Waals surface area contributed by atoms with Gasteiger partial charge in [-0.25, -0.2) is 9.97 Å². The quantitative estimate of drug-likeness (QED) is 0.153. The van der Waals surface area contributed by atoms with E-state index in [2.05, 4.69) is 139 Å². The van der Waals surface area contributed by atoms with Crippen molar-refractivity contribution in [1.82, 2.24) is 35.1 Å². The zero-order valence-electron chi connectivity index (χ0n) is 64.3. The van der Waals surface area contributed by atoms with Crippen LogP contribution in [0.2, 0.25) is 0 Å². The van der Waals surface area contributed by atoms with Crippen LogP contribution >= 0.6 is 0 Å². The first kappa shape index (κ1) is 142. The van der Waals surface area contributed by atoms with Gasteiger partial charge in [0.15, 0.2) is 0 Å². The van der Waals surface area contributed by atoms with Crippen molar-refractivity contribution < 1.29 is 0 Å². The molecule has 81 heavy (non-hydrogen) atoms. The van der Waals surface area contributed by atoms with Crippen LogP contribution in [0.3, 0.4) is 0 Å². The molecule has 0 unspecified atom stereocenters. The van der Waals surface area contributed by atoms with Crippen LogP contribution in [0.15, 0.2) is 141 Å². The van der Waals surface area contributed by atoms with Crippen LogP contribution in [0.1, 0.15) is 319 Å². The molecule has 0 saturated carbocycles. The van der Waals surface area contributed by atoms with E-state index in [0.717, 1.165) is 29.6 Å². The molecule has 4 aromatic heterocycles. The lowest BCUT2D eigenvalue weighted by atomic mass is 10.3. The molecule has 7 heteroatoms. The molecule has 4 heterocycles. The minimum Gasteiger partial charge on any atom is -0.265 e. The van der Waals surface area contributed by atoms with E-state index < -0.39 is 0 Å². The van der Waals surface area contributed by atoms with Crippen molar-refractivity contribution in [3.8, 4) is 0 Å². The van der Waals surface area contributed by atoms with Gasteiger partial charge in [0.05, 0.1) is 0 Å². The van der Waals surface area contributed by atoms with Crippen LogP contribution in [0.5, 0.6) is 0 Å². The number of pyridine rings is 1. The van der Waals surface area contributed by atoms with Gasteiger partial charge in [0, 0.05) is 62.0 Å². The molecule has 0 spiro atoms. The fraction of sp³-hybridized carbons (Fsp3) is 0.689. The monoisotopic (exact) mass is 1150 g/mol. The molecule has 0 aliphatic rings. The maximum absolute atomic E-state index is 3.78. The van der Waals surface area contributed by atoms with Gasteiger partial charge in [0.25, 0.3) is 0 Å². The number of hydrogen-bond donors (Lipinski definition) is 0. The molecule has 5 rings (SSSR count). The van der Waals surface area contributed by atoms with E-state index in [1.807, 2.05) is 274 Å². The first-order valence-electron chi connectivity index (χ1n) is 32.6. The molecule has 0 radical (unpaired) electrons. The van der Waals surface area contributed by atoms with Crippen LogP contribution in [0, 0.1) is 29.6 Å². The molecule has 5 aromatic rings. The topological polar surface area (TPSA) is 90.2 Å². The summed E-state index contributed by atoms with van der Waals surface area (Å²) in [6, 6.07) is 23.1. The van der Waals surface area contributed by atoms with Gasteiger partial charge >= 0.3 is 0 Å². The number of aromatic nitrogens is 7. The Kier molecular flexibility index (Phi) is 446. The molecule has 7 nitrogen and oxygen atoms in total. The molecule has 0 atom stereocenters. The van der Waals surface area contributed by atoms with Crippen molar-refractivity contribution in [1.29, 1.82) is 0 Å². The maximum Gasteiger partial charge on any atom is 0.115 e. The molecular weight excluding hydrogens is 987 g/mol. The Morgan fingerprint density at radius 2 is 0.284 bits per heavy atom. The number of rotatable bonds is 0. The zero-order chi connectivity index (χ0) is 69.1. The summed E-state index contributed by atoms with van der Waals surface area (Å²) in [5, 5.41) is 7.07. The average Bonchev–Trinajstić information content (AvgIpc) is 3.55.